The summed E-state index contributed by atoms with van der Waals surface area (Å²) >= 11 is 0. The molecule has 1 aromatic heterocycles. The fourth-order valence-corrected chi connectivity index (χ4v) is 5.70. The van der Waals surface area contributed by atoms with Crippen LogP contribution in [-0.4, -0.2) is 55.2 Å². The van der Waals surface area contributed by atoms with Crippen LogP contribution in [0, 0.1) is 6.92 Å². The zero-order chi connectivity index (χ0) is 23.8. The largest absolute Gasteiger partial charge is 0.479 e. The summed E-state index contributed by atoms with van der Waals surface area (Å²) in [6.07, 6.45) is 4.72. The van der Waals surface area contributed by atoms with Crippen LogP contribution in [0.5, 0.6) is 5.75 Å². The van der Waals surface area contributed by atoms with Crippen LogP contribution in [0.15, 0.2) is 39.8 Å². The van der Waals surface area contributed by atoms with Crippen molar-refractivity contribution in [1.29, 1.82) is 0 Å². The molecule has 1 saturated carbocycles. The van der Waals surface area contributed by atoms with E-state index in [-0.39, 0.29) is 35.0 Å². The molecule has 2 aliphatic rings. The Morgan fingerprint density at radius 3 is 2.64 bits per heavy atom. The highest BCUT2D eigenvalue weighted by molar-refractivity contribution is 7.89. The van der Waals surface area contributed by atoms with Crippen LogP contribution in [0.4, 0.5) is 5.69 Å². The lowest BCUT2D eigenvalue weighted by Gasteiger charge is -2.30. The number of anilines is 1. The Balaban J connectivity index is 1.55. The van der Waals surface area contributed by atoms with Gasteiger partial charge >= 0.3 is 0 Å². The molecule has 1 fully saturated rings. The van der Waals surface area contributed by atoms with Crippen LogP contribution in [-0.2, 0) is 26.2 Å². The van der Waals surface area contributed by atoms with E-state index in [1.807, 2.05) is 6.07 Å². The van der Waals surface area contributed by atoms with Crippen LogP contribution in [0.25, 0.3) is 0 Å². The summed E-state index contributed by atoms with van der Waals surface area (Å²) in [5.41, 5.74) is 0.883. The number of ether oxygens (including phenoxy) is 1. The molecule has 1 aliphatic heterocycles. The summed E-state index contributed by atoms with van der Waals surface area (Å²) in [4.78, 5) is 26.9. The minimum atomic E-state index is -3.98. The first-order chi connectivity index (χ1) is 15.7. The second kappa shape index (κ2) is 9.18. The van der Waals surface area contributed by atoms with Crippen LogP contribution in [0.1, 0.15) is 43.9 Å². The first kappa shape index (κ1) is 23.3. The van der Waals surface area contributed by atoms with Gasteiger partial charge in [0.25, 0.3) is 5.91 Å². The number of fused-ring (bicyclic) bond motifs is 1. The molecule has 1 unspecified atom stereocenters. The lowest BCUT2D eigenvalue weighted by atomic mass is 10.1. The third-order valence-electron chi connectivity index (χ3n) is 6.25. The van der Waals surface area contributed by atoms with E-state index >= 15 is 0 Å². The summed E-state index contributed by atoms with van der Waals surface area (Å²) in [5, 5.41) is 2.72. The number of benzene rings is 1. The average molecular weight is 476 g/mol. The number of nitrogens with one attached hydrogen (secondary N) is 1. The molecule has 9 nitrogen and oxygen atoms in total. The first-order valence-corrected chi connectivity index (χ1v) is 12.5. The maximum absolute atomic E-state index is 13.4. The SMILES string of the molecule is Cc1cc2c(cc1S(=O)(=O)N(C)CC(=O)N(Cc1ccco1)C1CCCC1)OC(C)C(=O)N2. The number of carbonyl (C=O) groups is 2. The van der Waals surface area contributed by atoms with Gasteiger partial charge in [0, 0.05) is 19.2 Å². The molecule has 0 bridgehead atoms. The molecular weight excluding hydrogens is 446 g/mol. The van der Waals surface area contributed by atoms with Crippen molar-refractivity contribution in [3.8, 4) is 5.75 Å². The lowest BCUT2D eigenvalue weighted by molar-refractivity contribution is -0.134. The normalized spacial score (nSPS) is 18.7. The molecule has 1 aromatic carbocycles. The van der Waals surface area contributed by atoms with Crippen molar-refractivity contribution < 1.29 is 27.2 Å². The van der Waals surface area contributed by atoms with Gasteiger partial charge in [0.2, 0.25) is 15.9 Å². The molecule has 4 rings (SSSR count). The summed E-state index contributed by atoms with van der Waals surface area (Å²) in [5.74, 6) is 0.400. The Kier molecular flexibility index (Phi) is 6.49. The van der Waals surface area contributed by atoms with Gasteiger partial charge < -0.3 is 19.4 Å². The quantitative estimate of drug-likeness (QED) is 0.660. The second-order valence-electron chi connectivity index (χ2n) is 8.66. The van der Waals surface area contributed by atoms with Crippen molar-refractivity contribution in [2.75, 3.05) is 18.9 Å². The zero-order valence-electron chi connectivity index (χ0n) is 19.0. The van der Waals surface area contributed by atoms with Gasteiger partial charge in [0.05, 0.1) is 29.9 Å². The first-order valence-electron chi connectivity index (χ1n) is 11.1. The third-order valence-corrected chi connectivity index (χ3v) is 8.19. The van der Waals surface area contributed by atoms with Gasteiger partial charge in [0.15, 0.2) is 6.10 Å². The van der Waals surface area contributed by atoms with Crippen molar-refractivity contribution in [3.05, 3.63) is 41.9 Å². The van der Waals surface area contributed by atoms with Crippen molar-refractivity contribution in [2.24, 2.45) is 0 Å². The van der Waals surface area contributed by atoms with Gasteiger partial charge in [-0.15, -0.1) is 0 Å². The smallest absolute Gasteiger partial charge is 0.265 e. The highest BCUT2D eigenvalue weighted by Gasteiger charge is 2.33. The van der Waals surface area contributed by atoms with E-state index < -0.39 is 16.1 Å². The summed E-state index contributed by atoms with van der Waals surface area (Å²) in [6.45, 7) is 3.26. The highest BCUT2D eigenvalue weighted by atomic mass is 32.2. The summed E-state index contributed by atoms with van der Waals surface area (Å²) in [7, 11) is -2.58. The number of nitrogens with zero attached hydrogens (tertiary/aromatic N) is 2. The average Bonchev–Trinajstić information content (AvgIpc) is 3.46. The Bertz CT molecular complexity index is 1140. The second-order valence-corrected chi connectivity index (χ2v) is 10.7. The molecule has 1 N–H and O–H groups in total. The van der Waals surface area contributed by atoms with Gasteiger partial charge in [-0.3, -0.25) is 9.59 Å². The number of hydrogen-bond acceptors (Lipinski definition) is 6. The fraction of sp³-hybridized carbons (Fsp3) is 0.478. The van der Waals surface area contributed by atoms with E-state index in [0.717, 1.165) is 30.0 Å². The number of rotatable bonds is 7. The lowest BCUT2D eigenvalue weighted by Crippen LogP contribution is -2.45. The van der Waals surface area contributed by atoms with Crippen LogP contribution >= 0.6 is 0 Å². The molecular formula is C23H29N3O6S. The Morgan fingerprint density at radius 1 is 1.24 bits per heavy atom. The van der Waals surface area contributed by atoms with Crippen LogP contribution in [0.3, 0.4) is 0 Å². The fourth-order valence-electron chi connectivity index (χ4n) is 4.36. The topological polar surface area (TPSA) is 109 Å². The number of furan rings is 1. The van der Waals surface area contributed by atoms with Gasteiger partial charge in [-0.1, -0.05) is 12.8 Å². The molecule has 10 heteroatoms. The molecule has 178 valence electrons. The molecule has 0 saturated heterocycles. The van der Waals surface area contributed by atoms with Gasteiger partial charge in [-0.2, -0.15) is 4.31 Å². The Hall–Kier alpha value is -2.85. The number of sulfonamides is 1. The third kappa shape index (κ3) is 4.77. The van der Waals surface area contributed by atoms with E-state index in [1.54, 1.807) is 37.1 Å². The number of carbonyl (C=O) groups excluding carboxylic acids is 2. The molecule has 0 radical (unpaired) electrons. The molecule has 2 aromatic rings. The number of hydrogen-bond donors (Lipinski definition) is 1. The predicted octanol–water partition coefficient (Wildman–Crippen LogP) is 2.90. The predicted molar refractivity (Wildman–Crippen MR) is 121 cm³/mol. The maximum Gasteiger partial charge on any atom is 0.265 e. The van der Waals surface area contributed by atoms with Crippen molar-refractivity contribution >= 4 is 27.5 Å². The highest BCUT2D eigenvalue weighted by Crippen LogP contribution is 2.35. The van der Waals surface area contributed by atoms with E-state index in [4.69, 9.17) is 9.15 Å². The number of aryl methyl sites for hydroxylation is 1. The molecule has 1 atom stereocenters. The molecule has 33 heavy (non-hydrogen) atoms. The Labute approximate surface area is 193 Å². The molecule has 1 aliphatic carbocycles. The minimum Gasteiger partial charge on any atom is -0.479 e. The van der Waals surface area contributed by atoms with Crippen molar-refractivity contribution in [1.82, 2.24) is 9.21 Å². The van der Waals surface area contributed by atoms with E-state index in [2.05, 4.69) is 5.32 Å². The van der Waals surface area contributed by atoms with E-state index in [0.29, 0.717) is 23.6 Å². The summed E-state index contributed by atoms with van der Waals surface area (Å²) < 4.78 is 38.8. The number of amides is 2. The van der Waals surface area contributed by atoms with Gasteiger partial charge in [-0.25, -0.2) is 8.42 Å². The van der Waals surface area contributed by atoms with Gasteiger partial charge in [0.1, 0.15) is 11.5 Å². The van der Waals surface area contributed by atoms with Crippen molar-refractivity contribution in [2.45, 2.75) is 63.1 Å². The Morgan fingerprint density at radius 2 is 1.97 bits per heavy atom. The van der Waals surface area contributed by atoms with Crippen molar-refractivity contribution in [3.63, 3.8) is 0 Å². The standard InChI is InChI=1S/C23H29N3O6S/c1-15-11-19-20(32-16(2)23(28)24-19)12-21(15)33(29,30)25(3)14-22(27)26(17-7-4-5-8-17)13-18-9-6-10-31-18/h6,9-12,16-17H,4-5,7-8,13-14H2,1-3H3,(H,24,28). The molecule has 2 heterocycles. The molecule has 0 spiro atoms. The van der Waals surface area contributed by atoms with E-state index in [9.17, 15) is 18.0 Å². The summed E-state index contributed by atoms with van der Waals surface area (Å²) in [6, 6.07) is 6.64. The zero-order valence-corrected chi connectivity index (χ0v) is 19.9. The monoisotopic (exact) mass is 475 g/mol. The van der Waals surface area contributed by atoms with E-state index in [1.165, 1.54) is 13.1 Å². The number of likely N-dealkylation sites (N-methyl/N-ethyl adjacent to an activating group) is 1. The minimum absolute atomic E-state index is 0.0401. The van der Waals surface area contributed by atoms with Crippen LogP contribution < -0.4 is 10.1 Å². The maximum atomic E-state index is 13.4. The molecule has 2 amide bonds. The van der Waals surface area contributed by atoms with Crippen LogP contribution in [0.2, 0.25) is 0 Å². The van der Waals surface area contributed by atoms with Gasteiger partial charge in [-0.05, 0) is 50.5 Å².